The van der Waals surface area contributed by atoms with Crippen LogP contribution in [0.3, 0.4) is 0 Å². The molecule has 190 valence electrons. The number of para-hydroxylation sites is 1. The maximum Gasteiger partial charge on any atom is 0.290 e. The van der Waals surface area contributed by atoms with E-state index in [9.17, 15) is 9.59 Å². The number of nitrogens with zero attached hydrogens (tertiary/aromatic N) is 2. The summed E-state index contributed by atoms with van der Waals surface area (Å²) in [6.07, 6.45) is 0.809. The average molecular weight is 497 g/mol. The molecule has 3 aromatic carbocycles. The summed E-state index contributed by atoms with van der Waals surface area (Å²) < 4.78 is 12.0. The second kappa shape index (κ2) is 11.0. The topological polar surface area (TPSA) is 63.0 Å². The van der Waals surface area contributed by atoms with E-state index in [2.05, 4.69) is 18.7 Å². The number of fused-ring (bicyclic) bond motifs is 2. The molecule has 0 bridgehead atoms. The quantitative estimate of drug-likeness (QED) is 0.284. The largest absolute Gasteiger partial charge is 0.489 e. The molecule has 4 aromatic rings. The standard InChI is InChI=1S/C31H32N2O4/c1-3-32(4-2)19-10-20-33-28(23-15-17-24(18-16-23)36-21-22-11-6-5-7-12-22)27-29(34)25-13-8-9-14-26(25)37-30(27)31(33)35/h5-9,11-18,28H,3-4,10,19-21H2,1-2H3. The van der Waals surface area contributed by atoms with Crippen molar-refractivity contribution in [1.82, 2.24) is 9.80 Å². The first-order valence-electron chi connectivity index (χ1n) is 13.0. The lowest BCUT2D eigenvalue weighted by atomic mass is 9.98. The van der Waals surface area contributed by atoms with E-state index in [1.165, 1.54) is 0 Å². The molecule has 2 heterocycles. The number of carbonyl (C=O) groups is 1. The van der Waals surface area contributed by atoms with E-state index in [-0.39, 0.29) is 17.1 Å². The molecule has 0 saturated carbocycles. The molecule has 0 spiro atoms. The second-order valence-corrected chi connectivity index (χ2v) is 9.29. The van der Waals surface area contributed by atoms with Crippen LogP contribution in [-0.4, -0.2) is 41.9 Å². The Labute approximate surface area is 217 Å². The van der Waals surface area contributed by atoms with Crippen molar-refractivity contribution >= 4 is 16.9 Å². The number of hydrogen-bond donors (Lipinski definition) is 0. The minimum atomic E-state index is -0.497. The Morgan fingerprint density at radius 1 is 0.892 bits per heavy atom. The van der Waals surface area contributed by atoms with E-state index in [4.69, 9.17) is 9.15 Å². The maximum absolute atomic E-state index is 13.6. The molecule has 1 aliphatic rings. The van der Waals surface area contributed by atoms with Gasteiger partial charge in [0, 0.05) is 6.54 Å². The lowest BCUT2D eigenvalue weighted by Crippen LogP contribution is -2.33. The number of ether oxygens (including phenoxy) is 1. The third kappa shape index (κ3) is 5.02. The molecule has 0 N–H and O–H groups in total. The smallest absolute Gasteiger partial charge is 0.290 e. The molecule has 1 unspecified atom stereocenters. The first kappa shape index (κ1) is 24.8. The number of hydrogen-bond acceptors (Lipinski definition) is 5. The normalized spacial score (nSPS) is 14.9. The molecule has 0 fully saturated rings. The van der Waals surface area contributed by atoms with Crippen LogP contribution in [0.4, 0.5) is 0 Å². The third-order valence-electron chi connectivity index (χ3n) is 7.09. The van der Waals surface area contributed by atoms with Crippen LogP contribution < -0.4 is 10.2 Å². The number of benzene rings is 3. The van der Waals surface area contributed by atoms with Crippen LogP contribution in [0.1, 0.15) is 53.6 Å². The van der Waals surface area contributed by atoms with E-state index < -0.39 is 6.04 Å². The van der Waals surface area contributed by atoms with Gasteiger partial charge in [-0.3, -0.25) is 9.59 Å². The molecule has 0 aliphatic carbocycles. The van der Waals surface area contributed by atoms with E-state index in [1.807, 2.05) is 66.7 Å². The minimum absolute atomic E-state index is 0.147. The van der Waals surface area contributed by atoms with Crippen molar-refractivity contribution in [1.29, 1.82) is 0 Å². The Hall–Kier alpha value is -3.90. The molecular weight excluding hydrogens is 464 g/mol. The monoisotopic (exact) mass is 496 g/mol. The summed E-state index contributed by atoms with van der Waals surface area (Å²) in [5.41, 5.74) is 2.67. The van der Waals surface area contributed by atoms with Crippen molar-refractivity contribution in [3.63, 3.8) is 0 Å². The zero-order chi connectivity index (χ0) is 25.8. The predicted octanol–water partition coefficient (Wildman–Crippen LogP) is 5.65. The van der Waals surface area contributed by atoms with Gasteiger partial charge in [0.25, 0.3) is 5.91 Å². The van der Waals surface area contributed by atoms with Crippen LogP contribution in [0, 0.1) is 0 Å². The minimum Gasteiger partial charge on any atom is -0.489 e. The highest BCUT2D eigenvalue weighted by molar-refractivity contribution is 5.99. The Morgan fingerprint density at radius 2 is 1.59 bits per heavy atom. The zero-order valence-corrected chi connectivity index (χ0v) is 21.4. The van der Waals surface area contributed by atoms with Crippen LogP contribution >= 0.6 is 0 Å². The fourth-order valence-electron chi connectivity index (χ4n) is 5.04. The van der Waals surface area contributed by atoms with Crippen molar-refractivity contribution in [2.45, 2.75) is 32.9 Å². The highest BCUT2D eigenvalue weighted by Gasteiger charge is 2.42. The highest BCUT2D eigenvalue weighted by atomic mass is 16.5. The first-order chi connectivity index (χ1) is 18.1. The summed E-state index contributed by atoms with van der Waals surface area (Å²) in [6.45, 7) is 8.09. The second-order valence-electron chi connectivity index (χ2n) is 9.29. The molecule has 1 amide bonds. The van der Waals surface area contributed by atoms with Crippen molar-refractivity contribution in [2.24, 2.45) is 0 Å². The zero-order valence-electron chi connectivity index (χ0n) is 21.4. The molecule has 1 aromatic heterocycles. The number of rotatable bonds is 10. The van der Waals surface area contributed by atoms with Gasteiger partial charge < -0.3 is 19.0 Å². The fraction of sp³-hybridized carbons (Fsp3) is 0.290. The van der Waals surface area contributed by atoms with Crippen LogP contribution in [0.5, 0.6) is 5.75 Å². The van der Waals surface area contributed by atoms with Gasteiger partial charge in [0.05, 0.1) is 17.0 Å². The van der Waals surface area contributed by atoms with Crippen molar-refractivity contribution in [3.8, 4) is 5.75 Å². The summed E-state index contributed by atoms with van der Waals surface area (Å²) in [7, 11) is 0. The van der Waals surface area contributed by atoms with Gasteiger partial charge in [0.15, 0.2) is 5.43 Å². The summed E-state index contributed by atoms with van der Waals surface area (Å²) >= 11 is 0. The van der Waals surface area contributed by atoms with Crippen molar-refractivity contribution in [2.75, 3.05) is 26.2 Å². The van der Waals surface area contributed by atoms with Crippen LogP contribution in [0.15, 0.2) is 88.1 Å². The summed E-state index contributed by atoms with van der Waals surface area (Å²) in [4.78, 5) is 31.3. The lowest BCUT2D eigenvalue weighted by Gasteiger charge is -2.26. The van der Waals surface area contributed by atoms with E-state index >= 15 is 0 Å². The summed E-state index contributed by atoms with van der Waals surface area (Å²) in [6, 6.07) is 24.3. The SMILES string of the molecule is CCN(CC)CCCN1C(=O)c2oc3ccccc3c(=O)c2C1c1ccc(OCc2ccccc2)cc1. The van der Waals surface area contributed by atoms with E-state index in [1.54, 1.807) is 17.0 Å². The van der Waals surface area contributed by atoms with Gasteiger partial charge in [-0.1, -0.05) is 68.4 Å². The van der Waals surface area contributed by atoms with Gasteiger partial charge in [-0.05, 0) is 61.4 Å². The lowest BCUT2D eigenvalue weighted by molar-refractivity contribution is 0.0720. The number of carbonyl (C=O) groups excluding carboxylic acids is 1. The van der Waals surface area contributed by atoms with Gasteiger partial charge in [-0.15, -0.1) is 0 Å². The Bertz CT molecular complexity index is 1430. The van der Waals surface area contributed by atoms with E-state index in [0.717, 1.165) is 42.9 Å². The molecule has 1 atom stereocenters. The van der Waals surface area contributed by atoms with Crippen LogP contribution in [0.2, 0.25) is 0 Å². The summed E-state index contributed by atoms with van der Waals surface area (Å²) in [5.74, 6) is 0.656. The molecule has 37 heavy (non-hydrogen) atoms. The van der Waals surface area contributed by atoms with Crippen LogP contribution in [0.25, 0.3) is 11.0 Å². The first-order valence-corrected chi connectivity index (χ1v) is 13.0. The van der Waals surface area contributed by atoms with Crippen molar-refractivity contribution < 1.29 is 13.9 Å². The summed E-state index contributed by atoms with van der Waals surface area (Å²) in [5, 5.41) is 0.492. The maximum atomic E-state index is 13.6. The molecule has 0 radical (unpaired) electrons. The third-order valence-corrected chi connectivity index (χ3v) is 7.09. The Balaban J connectivity index is 1.46. The van der Waals surface area contributed by atoms with Gasteiger partial charge in [-0.25, -0.2) is 0 Å². The molecule has 6 nitrogen and oxygen atoms in total. The van der Waals surface area contributed by atoms with E-state index in [0.29, 0.717) is 29.7 Å². The number of amides is 1. The van der Waals surface area contributed by atoms with Crippen molar-refractivity contribution in [3.05, 3.63) is 112 Å². The molecule has 6 heteroatoms. The predicted molar refractivity (Wildman–Crippen MR) is 145 cm³/mol. The fourth-order valence-corrected chi connectivity index (χ4v) is 5.04. The molecular formula is C31H32N2O4. The Morgan fingerprint density at radius 3 is 2.32 bits per heavy atom. The van der Waals surface area contributed by atoms with Crippen LogP contribution in [-0.2, 0) is 6.61 Å². The average Bonchev–Trinajstić information content (AvgIpc) is 3.22. The highest BCUT2D eigenvalue weighted by Crippen LogP contribution is 2.38. The van der Waals surface area contributed by atoms with Gasteiger partial charge >= 0.3 is 0 Å². The Kier molecular flexibility index (Phi) is 7.37. The van der Waals surface area contributed by atoms with Gasteiger partial charge in [0.2, 0.25) is 5.76 Å². The van der Waals surface area contributed by atoms with Gasteiger partial charge in [0.1, 0.15) is 17.9 Å². The molecule has 5 rings (SSSR count). The molecule has 0 saturated heterocycles. The van der Waals surface area contributed by atoms with Gasteiger partial charge in [-0.2, -0.15) is 0 Å². The molecule has 1 aliphatic heterocycles.